The molecule has 16 heavy (non-hydrogen) atoms. The summed E-state index contributed by atoms with van der Waals surface area (Å²) in [5.74, 6) is 0. The van der Waals surface area contributed by atoms with Crippen molar-refractivity contribution in [1.29, 1.82) is 0 Å². The zero-order valence-corrected chi connectivity index (χ0v) is 10.0. The summed E-state index contributed by atoms with van der Waals surface area (Å²) in [4.78, 5) is 16.1. The van der Waals surface area contributed by atoms with Gasteiger partial charge in [0.1, 0.15) is 0 Å². The van der Waals surface area contributed by atoms with Crippen LogP contribution in [0.3, 0.4) is 0 Å². The molecule has 0 aliphatic carbocycles. The number of nitrogens with one attached hydrogen (secondary N) is 2. The van der Waals surface area contributed by atoms with Crippen molar-refractivity contribution in [3.8, 4) is 0 Å². The number of carbonyl (C=O) groups is 1. The van der Waals surface area contributed by atoms with E-state index in [9.17, 15) is 4.79 Å². The summed E-state index contributed by atoms with van der Waals surface area (Å²) in [5, 5.41) is 6.42. The summed E-state index contributed by atoms with van der Waals surface area (Å²) in [5.41, 5.74) is 0. The van der Waals surface area contributed by atoms with Gasteiger partial charge >= 0.3 is 6.03 Å². The highest BCUT2D eigenvalue weighted by molar-refractivity contribution is 5.74. The minimum Gasteiger partial charge on any atom is -0.334 e. The Morgan fingerprint density at radius 2 is 2.06 bits per heavy atom. The monoisotopic (exact) mass is 226 g/mol. The number of urea groups is 1. The molecule has 2 rings (SSSR count). The van der Waals surface area contributed by atoms with Gasteiger partial charge in [-0.1, -0.05) is 0 Å². The average molecular weight is 226 g/mol. The van der Waals surface area contributed by atoms with E-state index in [1.54, 1.807) is 0 Å². The van der Waals surface area contributed by atoms with Crippen LogP contribution in [0.1, 0.15) is 12.8 Å². The molecule has 1 atom stereocenters. The Balaban J connectivity index is 1.74. The van der Waals surface area contributed by atoms with Crippen LogP contribution in [0.4, 0.5) is 4.79 Å². The second kappa shape index (κ2) is 5.50. The molecular weight excluding hydrogens is 204 g/mol. The fourth-order valence-electron chi connectivity index (χ4n) is 2.25. The lowest BCUT2D eigenvalue weighted by molar-refractivity contribution is 0.150. The third kappa shape index (κ3) is 3.09. The van der Waals surface area contributed by atoms with Gasteiger partial charge in [-0.15, -0.1) is 0 Å². The number of nitrogens with zero attached hydrogens (tertiary/aromatic N) is 2. The first-order chi connectivity index (χ1) is 7.75. The first kappa shape index (κ1) is 11.7. The fraction of sp³-hybridized carbons (Fsp3) is 0.909. The lowest BCUT2D eigenvalue weighted by atomic mass is 10.1. The average Bonchev–Trinajstić information content (AvgIpc) is 2.31. The van der Waals surface area contributed by atoms with Crippen LogP contribution in [0.25, 0.3) is 0 Å². The molecule has 0 aromatic rings. The van der Waals surface area contributed by atoms with Gasteiger partial charge in [0.05, 0.1) is 0 Å². The van der Waals surface area contributed by atoms with E-state index in [0.29, 0.717) is 6.04 Å². The Kier molecular flexibility index (Phi) is 4.01. The topological polar surface area (TPSA) is 47.6 Å². The van der Waals surface area contributed by atoms with Crippen LogP contribution in [0.15, 0.2) is 0 Å². The summed E-state index contributed by atoms with van der Waals surface area (Å²) < 4.78 is 0. The Hall–Kier alpha value is -0.810. The van der Waals surface area contributed by atoms with Gasteiger partial charge in [-0.3, -0.25) is 0 Å². The van der Waals surface area contributed by atoms with Gasteiger partial charge in [0.2, 0.25) is 0 Å². The first-order valence-corrected chi connectivity index (χ1v) is 6.20. The number of amides is 2. The lowest BCUT2D eigenvalue weighted by Crippen LogP contribution is -2.54. The number of piperidine rings is 1. The number of likely N-dealkylation sites (N-methyl/N-ethyl adjacent to an activating group) is 1. The number of rotatable bonds is 1. The maximum absolute atomic E-state index is 11.9. The molecule has 2 saturated heterocycles. The number of hydrogen-bond donors (Lipinski definition) is 2. The summed E-state index contributed by atoms with van der Waals surface area (Å²) in [7, 11) is 2.10. The van der Waals surface area contributed by atoms with E-state index in [1.807, 2.05) is 4.90 Å². The molecule has 2 fully saturated rings. The van der Waals surface area contributed by atoms with E-state index in [-0.39, 0.29) is 6.03 Å². The van der Waals surface area contributed by atoms with Gasteiger partial charge in [0.15, 0.2) is 0 Å². The number of carbonyl (C=O) groups excluding carboxylic acids is 1. The van der Waals surface area contributed by atoms with Crippen LogP contribution in [0, 0.1) is 0 Å². The molecule has 92 valence electrons. The smallest absolute Gasteiger partial charge is 0.317 e. The minimum atomic E-state index is 0.113. The van der Waals surface area contributed by atoms with Crippen LogP contribution in [-0.2, 0) is 0 Å². The van der Waals surface area contributed by atoms with Gasteiger partial charge in [-0.25, -0.2) is 4.79 Å². The van der Waals surface area contributed by atoms with Crippen molar-refractivity contribution < 1.29 is 4.79 Å². The molecule has 2 N–H and O–H groups in total. The van der Waals surface area contributed by atoms with Gasteiger partial charge in [0.25, 0.3) is 0 Å². The van der Waals surface area contributed by atoms with Crippen molar-refractivity contribution in [3.63, 3.8) is 0 Å². The SMILES string of the molecule is CN1CCN(C(=O)NC2CCCNC2)CC1. The highest BCUT2D eigenvalue weighted by Crippen LogP contribution is 2.04. The van der Waals surface area contributed by atoms with Crippen LogP contribution < -0.4 is 10.6 Å². The van der Waals surface area contributed by atoms with Crippen molar-refractivity contribution in [2.75, 3.05) is 46.3 Å². The third-order valence-electron chi connectivity index (χ3n) is 3.41. The molecule has 5 nitrogen and oxygen atoms in total. The molecule has 0 aromatic heterocycles. The normalized spacial score (nSPS) is 27.8. The van der Waals surface area contributed by atoms with E-state index in [0.717, 1.165) is 52.1 Å². The van der Waals surface area contributed by atoms with E-state index >= 15 is 0 Å². The lowest BCUT2D eigenvalue weighted by Gasteiger charge is -2.34. The molecule has 2 aliphatic rings. The van der Waals surface area contributed by atoms with Crippen molar-refractivity contribution in [3.05, 3.63) is 0 Å². The van der Waals surface area contributed by atoms with Gasteiger partial charge in [0, 0.05) is 38.8 Å². The van der Waals surface area contributed by atoms with Crippen LogP contribution in [0.2, 0.25) is 0 Å². The molecule has 2 heterocycles. The quantitative estimate of drug-likeness (QED) is 0.645. The zero-order chi connectivity index (χ0) is 11.4. The molecule has 0 saturated carbocycles. The van der Waals surface area contributed by atoms with E-state index in [4.69, 9.17) is 0 Å². The van der Waals surface area contributed by atoms with Crippen molar-refractivity contribution in [1.82, 2.24) is 20.4 Å². The van der Waals surface area contributed by atoms with Crippen molar-refractivity contribution >= 4 is 6.03 Å². The van der Waals surface area contributed by atoms with Crippen LogP contribution in [-0.4, -0.2) is 68.2 Å². The molecule has 2 aliphatic heterocycles. The largest absolute Gasteiger partial charge is 0.334 e. The summed E-state index contributed by atoms with van der Waals surface area (Å²) in [6, 6.07) is 0.433. The van der Waals surface area contributed by atoms with Gasteiger partial charge < -0.3 is 20.4 Å². The summed E-state index contributed by atoms with van der Waals surface area (Å²) in [6.45, 7) is 5.66. The molecular formula is C11H22N4O. The Bertz CT molecular complexity index is 232. The second-order valence-corrected chi connectivity index (χ2v) is 4.78. The standard InChI is InChI=1S/C11H22N4O/c1-14-5-7-15(8-6-14)11(16)13-10-3-2-4-12-9-10/h10,12H,2-9H2,1H3,(H,13,16). The number of hydrogen-bond acceptors (Lipinski definition) is 3. The van der Waals surface area contributed by atoms with Crippen molar-refractivity contribution in [2.45, 2.75) is 18.9 Å². The highest BCUT2D eigenvalue weighted by atomic mass is 16.2. The summed E-state index contributed by atoms with van der Waals surface area (Å²) in [6.07, 6.45) is 2.26. The zero-order valence-electron chi connectivity index (χ0n) is 10.0. The second-order valence-electron chi connectivity index (χ2n) is 4.78. The molecule has 0 spiro atoms. The minimum absolute atomic E-state index is 0.113. The first-order valence-electron chi connectivity index (χ1n) is 6.20. The molecule has 0 bridgehead atoms. The van der Waals surface area contributed by atoms with Gasteiger partial charge in [-0.05, 0) is 26.4 Å². The van der Waals surface area contributed by atoms with Crippen LogP contribution in [0.5, 0.6) is 0 Å². The van der Waals surface area contributed by atoms with E-state index in [2.05, 4.69) is 22.6 Å². The third-order valence-corrected chi connectivity index (χ3v) is 3.41. The molecule has 5 heteroatoms. The maximum Gasteiger partial charge on any atom is 0.317 e. The molecule has 0 aromatic carbocycles. The molecule has 1 unspecified atom stereocenters. The predicted octanol–water partition coefficient (Wildman–Crippen LogP) is -0.305. The Morgan fingerprint density at radius 1 is 1.31 bits per heavy atom. The Morgan fingerprint density at radius 3 is 2.69 bits per heavy atom. The highest BCUT2D eigenvalue weighted by Gasteiger charge is 2.22. The van der Waals surface area contributed by atoms with Crippen molar-refractivity contribution in [2.24, 2.45) is 0 Å². The van der Waals surface area contributed by atoms with Crippen LogP contribution >= 0.6 is 0 Å². The van der Waals surface area contributed by atoms with Gasteiger partial charge in [-0.2, -0.15) is 0 Å². The fourth-order valence-corrected chi connectivity index (χ4v) is 2.25. The molecule has 0 radical (unpaired) electrons. The number of piperazine rings is 1. The Labute approximate surface area is 97.2 Å². The maximum atomic E-state index is 11.9. The summed E-state index contributed by atoms with van der Waals surface area (Å²) >= 11 is 0. The molecule has 2 amide bonds. The predicted molar refractivity (Wildman–Crippen MR) is 63.5 cm³/mol. The van der Waals surface area contributed by atoms with E-state index < -0.39 is 0 Å². The van der Waals surface area contributed by atoms with E-state index in [1.165, 1.54) is 0 Å².